The van der Waals surface area contributed by atoms with Crippen LogP contribution in [-0.4, -0.2) is 21.0 Å². The summed E-state index contributed by atoms with van der Waals surface area (Å²) in [7, 11) is 0. The number of hydrogen-bond acceptors (Lipinski definition) is 2. The summed E-state index contributed by atoms with van der Waals surface area (Å²) in [6.07, 6.45) is 9.79. The second-order valence-corrected chi connectivity index (χ2v) is 6.84. The van der Waals surface area contributed by atoms with Crippen LogP contribution in [0.2, 0.25) is 0 Å². The van der Waals surface area contributed by atoms with Crippen molar-refractivity contribution < 1.29 is 0 Å². The molecule has 1 saturated carbocycles. The van der Waals surface area contributed by atoms with Crippen LogP contribution in [-0.2, 0) is 13.0 Å². The van der Waals surface area contributed by atoms with Crippen molar-refractivity contribution in [2.75, 3.05) is 5.32 Å². The van der Waals surface area contributed by atoms with Gasteiger partial charge in [-0.05, 0) is 67.2 Å². The Kier molecular flexibility index (Phi) is 5.81. The second-order valence-electron chi connectivity index (χ2n) is 6.45. The molecule has 0 radical (unpaired) electrons. The third kappa shape index (κ3) is 4.78. The molecule has 0 spiro atoms. The Morgan fingerprint density at radius 1 is 1.21 bits per heavy atom. The Bertz CT molecular complexity index is 650. The van der Waals surface area contributed by atoms with Gasteiger partial charge in [0, 0.05) is 30.7 Å². The molecule has 4 heteroatoms. The normalized spacial score (nSPS) is 13.5. The number of thiocarbonyl (C=S) groups is 1. The summed E-state index contributed by atoms with van der Waals surface area (Å²) in [6, 6.07) is 13.3. The summed E-state index contributed by atoms with van der Waals surface area (Å²) in [5.74, 6) is 0. The van der Waals surface area contributed by atoms with Gasteiger partial charge in [-0.25, -0.2) is 0 Å². The van der Waals surface area contributed by atoms with Gasteiger partial charge in [-0.1, -0.05) is 31.5 Å². The predicted octanol–water partition coefficient (Wildman–Crippen LogP) is 4.79. The van der Waals surface area contributed by atoms with Crippen LogP contribution in [0, 0.1) is 0 Å². The molecule has 1 aliphatic rings. The largest absolute Gasteiger partial charge is 0.342 e. The third-order valence-corrected chi connectivity index (χ3v) is 4.69. The fourth-order valence-electron chi connectivity index (χ4n) is 2.77. The van der Waals surface area contributed by atoms with E-state index < -0.39 is 0 Å². The minimum Gasteiger partial charge on any atom is -0.342 e. The van der Waals surface area contributed by atoms with Crippen molar-refractivity contribution in [1.29, 1.82) is 0 Å². The van der Waals surface area contributed by atoms with Gasteiger partial charge in [0.25, 0.3) is 0 Å². The summed E-state index contributed by atoms with van der Waals surface area (Å²) in [5, 5.41) is 4.21. The maximum atomic E-state index is 5.67. The highest BCUT2D eigenvalue weighted by Crippen LogP contribution is 2.29. The Labute approximate surface area is 150 Å². The van der Waals surface area contributed by atoms with Crippen LogP contribution < -0.4 is 5.32 Å². The zero-order valence-corrected chi connectivity index (χ0v) is 15.1. The van der Waals surface area contributed by atoms with Crippen LogP contribution in [0.5, 0.6) is 0 Å². The fraction of sp³-hybridized carbons (Fsp3) is 0.400. The molecule has 24 heavy (non-hydrogen) atoms. The van der Waals surface area contributed by atoms with E-state index in [1.807, 2.05) is 18.5 Å². The number of aryl methyl sites for hydroxylation is 1. The molecule has 0 atom stereocenters. The SMILES string of the molecule is CCCCc1ccc(NC(=S)N(Cc2cccnc2)C2CC2)cc1. The van der Waals surface area contributed by atoms with E-state index in [9.17, 15) is 0 Å². The van der Waals surface area contributed by atoms with Gasteiger partial charge >= 0.3 is 0 Å². The molecule has 3 nitrogen and oxygen atoms in total. The lowest BCUT2D eigenvalue weighted by molar-refractivity contribution is 0.409. The van der Waals surface area contributed by atoms with Crippen molar-refractivity contribution >= 4 is 23.0 Å². The first-order valence-corrected chi connectivity index (χ1v) is 9.22. The van der Waals surface area contributed by atoms with E-state index in [0.29, 0.717) is 6.04 Å². The quantitative estimate of drug-likeness (QED) is 0.735. The molecule has 2 aromatic rings. The number of nitrogens with one attached hydrogen (secondary N) is 1. The smallest absolute Gasteiger partial charge is 0.173 e. The van der Waals surface area contributed by atoms with E-state index in [0.717, 1.165) is 23.8 Å². The molecule has 1 fully saturated rings. The van der Waals surface area contributed by atoms with Crippen molar-refractivity contribution in [3.05, 3.63) is 59.9 Å². The van der Waals surface area contributed by atoms with Crippen LogP contribution in [0.3, 0.4) is 0 Å². The van der Waals surface area contributed by atoms with Crippen molar-refractivity contribution in [1.82, 2.24) is 9.88 Å². The van der Waals surface area contributed by atoms with Gasteiger partial charge in [0.1, 0.15) is 0 Å². The molecule has 126 valence electrons. The Morgan fingerprint density at radius 3 is 2.62 bits per heavy atom. The van der Waals surface area contributed by atoms with Gasteiger partial charge in [-0.15, -0.1) is 0 Å². The van der Waals surface area contributed by atoms with Gasteiger partial charge < -0.3 is 10.2 Å². The predicted molar refractivity (Wildman–Crippen MR) is 104 cm³/mol. The van der Waals surface area contributed by atoms with Crippen LogP contribution in [0.4, 0.5) is 5.69 Å². The average molecular weight is 340 g/mol. The number of hydrogen-bond donors (Lipinski definition) is 1. The Morgan fingerprint density at radius 2 is 2.00 bits per heavy atom. The maximum Gasteiger partial charge on any atom is 0.173 e. The zero-order valence-electron chi connectivity index (χ0n) is 14.2. The van der Waals surface area contributed by atoms with Gasteiger partial charge in [-0.3, -0.25) is 4.98 Å². The molecule has 1 aromatic heterocycles. The second kappa shape index (κ2) is 8.25. The number of aromatic nitrogens is 1. The van der Waals surface area contributed by atoms with Crippen molar-refractivity contribution in [2.24, 2.45) is 0 Å². The van der Waals surface area contributed by atoms with E-state index in [-0.39, 0.29) is 0 Å². The van der Waals surface area contributed by atoms with Gasteiger partial charge in [0.15, 0.2) is 5.11 Å². The van der Waals surface area contributed by atoms with Crippen LogP contribution >= 0.6 is 12.2 Å². The molecular weight excluding hydrogens is 314 g/mol. The summed E-state index contributed by atoms with van der Waals surface area (Å²) >= 11 is 5.67. The Balaban J connectivity index is 1.61. The van der Waals surface area contributed by atoms with Crippen LogP contribution in [0.1, 0.15) is 43.7 Å². The molecule has 1 aromatic carbocycles. The lowest BCUT2D eigenvalue weighted by Crippen LogP contribution is -2.36. The molecule has 1 heterocycles. The summed E-state index contributed by atoms with van der Waals surface area (Å²) < 4.78 is 0. The molecule has 0 unspecified atom stereocenters. The molecule has 3 rings (SSSR count). The zero-order chi connectivity index (χ0) is 16.8. The highest BCUT2D eigenvalue weighted by atomic mass is 32.1. The summed E-state index contributed by atoms with van der Waals surface area (Å²) in [4.78, 5) is 6.49. The number of benzene rings is 1. The first-order valence-electron chi connectivity index (χ1n) is 8.81. The summed E-state index contributed by atoms with van der Waals surface area (Å²) in [6.45, 7) is 3.04. The lowest BCUT2D eigenvalue weighted by atomic mass is 10.1. The molecule has 0 bridgehead atoms. The van der Waals surface area contributed by atoms with E-state index in [1.165, 1.54) is 36.8 Å². The first-order chi connectivity index (χ1) is 11.8. The van der Waals surface area contributed by atoms with Gasteiger partial charge in [-0.2, -0.15) is 0 Å². The molecular formula is C20H25N3S. The third-order valence-electron chi connectivity index (χ3n) is 4.35. The first kappa shape index (κ1) is 16.9. The summed E-state index contributed by atoms with van der Waals surface area (Å²) in [5.41, 5.74) is 3.66. The molecule has 0 aliphatic heterocycles. The maximum absolute atomic E-state index is 5.67. The van der Waals surface area contributed by atoms with Gasteiger partial charge in [0.2, 0.25) is 0 Å². The number of rotatable bonds is 7. The fourth-order valence-corrected chi connectivity index (χ4v) is 3.10. The molecule has 1 aliphatic carbocycles. The highest BCUT2D eigenvalue weighted by molar-refractivity contribution is 7.80. The topological polar surface area (TPSA) is 28.2 Å². The Hall–Kier alpha value is -1.94. The van der Waals surface area contributed by atoms with E-state index in [1.54, 1.807) is 0 Å². The standard InChI is InChI=1S/C20H25N3S/c1-2-3-5-16-7-9-18(10-8-16)22-20(24)23(19-11-12-19)15-17-6-4-13-21-14-17/h4,6-10,13-14,19H,2-3,5,11-12,15H2,1H3,(H,22,24). The average Bonchev–Trinajstić information content (AvgIpc) is 3.45. The lowest BCUT2D eigenvalue weighted by Gasteiger charge is -2.26. The van der Waals surface area contributed by atoms with Crippen molar-refractivity contribution in [3.63, 3.8) is 0 Å². The number of unbranched alkanes of at least 4 members (excludes halogenated alkanes) is 1. The number of nitrogens with zero attached hydrogens (tertiary/aromatic N) is 2. The number of pyridine rings is 1. The highest BCUT2D eigenvalue weighted by Gasteiger charge is 2.30. The minimum absolute atomic E-state index is 0.564. The molecule has 0 saturated heterocycles. The van der Waals surface area contributed by atoms with Crippen LogP contribution in [0.25, 0.3) is 0 Å². The molecule has 1 N–H and O–H groups in total. The van der Waals surface area contributed by atoms with E-state index in [4.69, 9.17) is 12.2 Å². The van der Waals surface area contributed by atoms with Crippen molar-refractivity contribution in [3.8, 4) is 0 Å². The van der Waals surface area contributed by atoms with E-state index in [2.05, 4.69) is 52.5 Å². The van der Waals surface area contributed by atoms with Gasteiger partial charge in [0.05, 0.1) is 0 Å². The number of anilines is 1. The minimum atomic E-state index is 0.564. The molecule has 0 amide bonds. The van der Waals surface area contributed by atoms with E-state index >= 15 is 0 Å². The monoisotopic (exact) mass is 339 g/mol. The van der Waals surface area contributed by atoms with Crippen molar-refractivity contribution in [2.45, 2.75) is 51.6 Å². The van der Waals surface area contributed by atoms with Crippen LogP contribution in [0.15, 0.2) is 48.8 Å².